The van der Waals surface area contributed by atoms with Crippen molar-refractivity contribution in [3.63, 3.8) is 0 Å². The molecule has 0 aliphatic heterocycles. The Hall–Kier alpha value is -1.39. The summed E-state index contributed by atoms with van der Waals surface area (Å²) in [5.41, 5.74) is 4.26. The van der Waals surface area contributed by atoms with Crippen molar-refractivity contribution in [3.05, 3.63) is 45.7 Å². The molecule has 1 atom stereocenters. The minimum absolute atomic E-state index is 0.351. The van der Waals surface area contributed by atoms with Gasteiger partial charge in [-0.25, -0.2) is 4.98 Å². The van der Waals surface area contributed by atoms with E-state index in [4.69, 9.17) is 11.6 Å². The zero-order valence-electron chi connectivity index (χ0n) is 11.5. The molecule has 1 aliphatic rings. The van der Waals surface area contributed by atoms with Gasteiger partial charge in [0.05, 0.1) is 17.3 Å². The number of halogens is 1. The van der Waals surface area contributed by atoms with Gasteiger partial charge in [0.15, 0.2) is 0 Å². The topological polar surface area (TPSA) is 37.8 Å². The van der Waals surface area contributed by atoms with Crippen molar-refractivity contribution in [3.8, 4) is 0 Å². The molecule has 2 aromatic rings. The lowest BCUT2D eigenvalue weighted by Crippen LogP contribution is -2.06. The van der Waals surface area contributed by atoms with E-state index in [1.807, 2.05) is 18.5 Å². The van der Waals surface area contributed by atoms with Gasteiger partial charge in [-0.1, -0.05) is 24.6 Å². The average Bonchev–Trinajstić information content (AvgIpc) is 3.04. The maximum atomic E-state index is 6.32. The fraction of sp³-hybridized carbons (Fsp3) is 0.333. The van der Waals surface area contributed by atoms with Crippen molar-refractivity contribution in [2.24, 2.45) is 0 Å². The number of nitrogens with one attached hydrogen (secondary N) is 1. The third kappa shape index (κ3) is 2.45. The van der Waals surface area contributed by atoms with E-state index in [0.717, 1.165) is 40.1 Å². The van der Waals surface area contributed by atoms with Crippen molar-refractivity contribution in [2.45, 2.75) is 32.7 Å². The van der Waals surface area contributed by atoms with Crippen molar-refractivity contribution in [1.82, 2.24) is 9.97 Å². The van der Waals surface area contributed by atoms with Gasteiger partial charge >= 0.3 is 0 Å². The fourth-order valence-electron chi connectivity index (χ4n) is 2.56. The summed E-state index contributed by atoms with van der Waals surface area (Å²) < 4.78 is 0. The van der Waals surface area contributed by atoms with Crippen LogP contribution < -0.4 is 5.32 Å². The smallest absolute Gasteiger partial charge is 0.112 e. The first-order valence-corrected chi connectivity index (χ1v) is 7.96. The number of allylic oxidation sites excluding steroid dienone is 1. The number of pyridine rings is 1. The van der Waals surface area contributed by atoms with E-state index in [1.165, 1.54) is 5.56 Å². The molecule has 5 heteroatoms. The molecule has 3 nitrogen and oxygen atoms in total. The summed E-state index contributed by atoms with van der Waals surface area (Å²) in [5, 5.41) is 7.33. The average molecular weight is 306 g/mol. The van der Waals surface area contributed by atoms with Crippen LogP contribution in [-0.4, -0.2) is 9.97 Å². The second-order valence-corrected chi connectivity index (χ2v) is 6.27. The molecule has 0 saturated carbocycles. The lowest BCUT2D eigenvalue weighted by molar-refractivity contribution is 0.812. The Balaban J connectivity index is 1.93. The van der Waals surface area contributed by atoms with Crippen LogP contribution in [0.1, 0.15) is 41.2 Å². The van der Waals surface area contributed by atoms with E-state index in [0.29, 0.717) is 5.92 Å². The molecule has 1 N–H and O–H groups in total. The van der Waals surface area contributed by atoms with Crippen LogP contribution in [0.5, 0.6) is 0 Å². The van der Waals surface area contributed by atoms with Crippen LogP contribution in [0.25, 0.3) is 5.03 Å². The minimum Gasteiger partial charge on any atom is -0.378 e. The SMILES string of the molecule is CCC1C=C(Cl)c2nc(C)cc(NCc3nccs3)c21. The quantitative estimate of drug-likeness (QED) is 0.900. The van der Waals surface area contributed by atoms with Crippen LogP contribution in [0.15, 0.2) is 23.7 Å². The molecule has 2 aromatic heterocycles. The lowest BCUT2D eigenvalue weighted by atomic mass is 9.98. The first kappa shape index (κ1) is 13.6. The Morgan fingerprint density at radius 2 is 2.30 bits per heavy atom. The summed E-state index contributed by atoms with van der Waals surface area (Å²) in [6.07, 6.45) is 4.96. The maximum absolute atomic E-state index is 6.32. The fourth-order valence-corrected chi connectivity index (χ4v) is 3.41. The summed E-state index contributed by atoms with van der Waals surface area (Å²) in [4.78, 5) is 8.89. The standard InChI is InChI=1S/C15H16ClN3S/c1-3-10-7-11(16)15-14(10)12(6-9(2)19-15)18-8-13-17-4-5-20-13/h4-7,10H,3,8H2,1-2H3,(H,18,19). The zero-order chi connectivity index (χ0) is 14.1. The first-order valence-electron chi connectivity index (χ1n) is 6.70. The third-order valence-electron chi connectivity index (χ3n) is 3.48. The molecule has 0 bridgehead atoms. The highest BCUT2D eigenvalue weighted by atomic mass is 35.5. The van der Waals surface area contributed by atoms with Crippen molar-refractivity contribution >= 4 is 33.7 Å². The Bertz CT molecular complexity index is 649. The largest absolute Gasteiger partial charge is 0.378 e. The molecule has 20 heavy (non-hydrogen) atoms. The van der Waals surface area contributed by atoms with E-state index >= 15 is 0 Å². The van der Waals surface area contributed by atoms with Gasteiger partial charge in [0.25, 0.3) is 0 Å². The minimum atomic E-state index is 0.351. The van der Waals surface area contributed by atoms with Gasteiger partial charge in [-0.15, -0.1) is 11.3 Å². The molecule has 0 aromatic carbocycles. The van der Waals surface area contributed by atoms with Gasteiger partial charge in [0, 0.05) is 34.4 Å². The molecular formula is C15H16ClN3S. The summed E-state index contributed by atoms with van der Waals surface area (Å²) in [6.45, 7) is 4.91. The number of aryl methyl sites for hydroxylation is 1. The summed E-state index contributed by atoms with van der Waals surface area (Å²) in [5.74, 6) is 0.351. The number of hydrogen-bond donors (Lipinski definition) is 1. The number of thiazole rings is 1. The molecule has 0 amide bonds. The number of hydrogen-bond acceptors (Lipinski definition) is 4. The molecule has 0 saturated heterocycles. The molecular weight excluding hydrogens is 290 g/mol. The number of fused-ring (bicyclic) bond motifs is 1. The second kappa shape index (κ2) is 5.54. The van der Waals surface area contributed by atoms with Gasteiger partial charge in [0.1, 0.15) is 5.01 Å². The van der Waals surface area contributed by atoms with Gasteiger partial charge in [-0.05, 0) is 19.4 Å². The summed E-state index contributed by atoms with van der Waals surface area (Å²) in [7, 11) is 0. The van der Waals surface area contributed by atoms with Gasteiger partial charge < -0.3 is 5.32 Å². The van der Waals surface area contributed by atoms with E-state index in [1.54, 1.807) is 11.3 Å². The number of rotatable bonds is 4. The molecule has 0 spiro atoms. The first-order chi connectivity index (χ1) is 9.69. The molecule has 2 heterocycles. The highest BCUT2D eigenvalue weighted by Gasteiger charge is 2.26. The Labute approximate surface area is 127 Å². The van der Waals surface area contributed by atoms with Crippen LogP contribution in [0, 0.1) is 6.92 Å². The number of nitrogens with zero attached hydrogens (tertiary/aromatic N) is 2. The Kier molecular flexibility index (Phi) is 3.76. The van der Waals surface area contributed by atoms with E-state index < -0.39 is 0 Å². The van der Waals surface area contributed by atoms with Crippen LogP contribution in [0.4, 0.5) is 5.69 Å². The van der Waals surface area contributed by atoms with Crippen molar-refractivity contribution < 1.29 is 0 Å². The van der Waals surface area contributed by atoms with E-state index in [9.17, 15) is 0 Å². The van der Waals surface area contributed by atoms with Crippen LogP contribution in [-0.2, 0) is 6.54 Å². The van der Waals surface area contributed by atoms with Crippen molar-refractivity contribution in [1.29, 1.82) is 0 Å². The Morgan fingerprint density at radius 3 is 3.00 bits per heavy atom. The second-order valence-electron chi connectivity index (χ2n) is 4.88. The molecule has 104 valence electrons. The number of aromatic nitrogens is 2. The molecule has 1 aliphatic carbocycles. The zero-order valence-corrected chi connectivity index (χ0v) is 13.1. The third-order valence-corrected chi connectivity index (χ3v) is 4.57. The van der Waals surface area contributed by atoms with Crippen LogP contribution in [0.2, 0.25) is 0 Å². The lowest BCUT2D eigenvalue weighted by Gasteiger charge is -2.16. The van der Waals surface area contributed by atoms with Crippen molar-refractivity contribution in [2.75, 3.05) is 5.32 Å². The highest BCUT2D eigenvalue weighted by Crippen LogP contribution is 2.42. The Morgan fingerprint density at radius 1 is 1.45 bits per heavy atom. The molecule has 0 fully saturated rings. The number of anilines is 1. The molecule has 0 radical (unpaired) electrons. The highest BCUT2D eigenvalue weighted by molar-refractivity contribution is 7.09. The summed E-state index contributed by atoms with van der Waals surface area (Å²) in [6, 6.07) is 2.10. The van der Waals surface area contributed by atoms with E-state index in [2.05, 4.69) is 34.4 Å². The van der Waals surface area contributed by atoms with E-state index in [-0.39, 0.29) is 0 Å². The normalized spacial score (nSPS) is 16.9. The molecule has 3 rings (SSSR count). The predicted molar refractivity (Wildman–Crippen MR) is 85.3 cm³/mol. The molecule has 1 unspecified atom stereocenters. The van der Waals surface area contributed by atoms with Gasteiger partial charge in [-0.3, -0.25) is 4.98 Å². The summed E-state index contributed by atoms with van der Waals surface area (Å²) >= 11 is 7.98. The van der Waals surface area contributed by atoms with Crippen LogP contribution in [0.3, 0.4) is 0 Å². The van der Waals surface area contributed by atoms with Gasteiger partial charge in [0.2, 0.25) is 0 Å². The monoisotopic (exact) mass is 305 g/mol. The maximum Gasteiger partial charge on any atom is 0.112 e. The van der Waals surface area contributed by atoms with Crippen LogP contribution >= 0.6 is 22.9 Å². The van der Waals surface area contributed by atoms with Gasteiger partial charge in [-0.2, -0.15) is 0 Å². The predicted octanol–water partition coefficient (Wildman–Crippen LogP) is 4.55.